The van der Waals surface area contributed by atoms with E-state index in [1.165, 1.54) is 6.26 Å². The summed E-state index contributed by atoms with van der Waals surface area (Å²) in [5.74, 6) is 1.00. The zero-order valence-electron chi connectivity index (χ0n) is 13.0. The lowest BCUT2D eigenvalue weighted by atomic mass is 9.76. The number of sulfone groups is 1. The first kappa shape index (κ1) is 16.2. The van der Waals surface area contributed by atoms with Crippen molar-refractivity contribution >= 4 is 9.84 Å². The maximum Gasteiger partial charge on any atom is 0.150 e. The van der Waals surface area contributed by atoms with E-state index in [1.54, 1.807) is 0 Å². The fourth-order valence-electron chi connectivity index (χ4n) is 4.19. The van der Waals surface area contributed by atoms with Crippen LogP contribution in [-0.4, -0.2) is 45.7 Å². The van der Waals surface area contributed by atoms with Crippen LogP contribution in [0.3, 0.4) is 0 Å². The lowest BCUT2D eigenvalue weighted by Gasteiger charge is -2.38. The summed E-state index contributed by atoms with van der Waals surface area (Å²) in [6.07, 6.45) is 7.71. The number of hydrogen-bond donors (Lipinski definition) is 1. The van der Waals surface area contributed by atoms with Gasteiger partial charge in [0.15, 0.2) is 0 Å². The maximum absolute atomic E-state index is 11.8. The molecule has 1 saturated heterocycles. The summed E-state index contributed by atoms with van der Waals surface area (Å²) in [5.41, 5.74) is 0. The first-order valence-electron chi connectivity index (χ1n) is 7.95. The second kappa shape index (κ2) is 6.75. The van der Waals surface area contributed by atoms with Crippen LogP contribution in [0.5, 0.6) is 0 Å². The second-order valence-electron chi connectivity index (χ2n) is 6.46. The van der Waals surface area contributed by atoms with Crippen molar-refractivity contribution in [2.24, 2.45) is 11.8 Å². The molecular weight excluding hydrogens is 274 g/mol. The maximum atomic E-state index is 11.8. The Hall–Kier alpha value is -0.130. The minimum atomic E-state index is -2.90. The van der Waals surface area contributed by atoms with Crippen LogP contribution >= 0.6 is 0 Å². The molecule has 0 bridgehead atoms. The van der Waals surface area contributed by atoms with Gasteiger partial charge in [-0.2, -0.15) is 0 Å². The van der Waals surface area contributed by atoms with Gasteiger partial charge < -0.3 is 10.1 Å². The number of rotatable bonds is 5. The molecule has 1 N–H and O–H groups in total. The highest BCUT2D eigenvalue weighted by Gasteiger charge is 2.40. The molecule has 0 spiro atoms. The lowest BCUT2D eigenvalue weighted by molar-refractivity contribution is 0.0666. The van der Waals surface area contributed by atoms with Crippen molar-refractivity contribution in [1.29, 1.82) is 0 Å². The van der Waals surface area contributed by atoms with Gasteiger partial charge in [0.05, 0.1) is 11.4 Å². The molecule has 0 radical (unpaired) electrons. The Morgan fingerprint density at radius 3 is 2.65 bits per heavy atom. The first-order valence-corrected chi connectivity index (χ1v) is 9.90. The van der Waals surface area contributed by atoms with Crippen LogP contribution in [0.2, 0.25) is 0 Å². The summed E-state index contributed by atoms with van der Waals surface area (Å²) >= 11 is 0. The van der Waals surface area contributed by atoms with Crippen LogP contribution < -0.4 is 5.32 Å². The molecule has 2 aliphatic rings. The number of hydrogen-bond acceptors (Lipinski definition) is 4. The van der Waals surface area contributed by atoms with Gasteiger partial charge in [0, 0.05) is 24.8 Å². The molecule has 0 aromatic carbocycles. The standard InChI is InChI=1S/C15H29NO3S/c1-4-14-13(8-9-19-14)15(16-2)11-6-5-7-12(10-11)20(3,17)18/h11-16H,4-10H2,1-3H3. The zero-order valence-corrected chi connectivity index (χ0v) is 13.8. The molecule has 118 valence electrons. The topological polar surface area (TPSA) is 55.4 Å². The molecule has 5 atom stereocenters. The van der Waals surface area contributed by atoms with Crippen molar-refractivity contribution in [3.05, 3.63) is 0 Å². The van der Waals surface area contributed by atoms with E-state index in [-0.39, 0.29) is 5.25 Å². The van der Waals surface area contributed by atoms with Crippen molar-refractivity contribution < 1.29 is 13.2 Å². The van der Waals surface area contributed by atoms with Crippen LogP contribution in [-0.2, 0) is 14.6 Å². The Balaban J connectivity index is 2.07. The lowest BCUT2D eigenvalue weighted by Crippen LogP contribution is -2.46. The van der Waals surface area contributed by atoms with Crippen molar-refractivity contribution in [1.82, 2.24) is 5.32 Å². The Bertz CT molecular complexity index is 409. The summed E-state index contributed by atoms with van der Waals surface area (Å²) in [5, 5.41) is 3.34. The summed E-state index contributed by atoms with van der Waals surface area (Å²) in [4.78, 5) is 0. The molecule has 20 heavy (non-hydrogen) atoms. The molecule has 1 aliphatic heterocycles. The highest BCUT2D eigenvalue weighted by Crippen LogP contribution is 2.37. The minimum Gasteiger partial charge on any atom is -0.378 e. The molecule has 0 aromatic heterocycles. The predicted octanol–water partition coefficient (Wildman–Crippen LogP) is 1.99. The highest BCUT2D eigenvalue weighted by atomic mass is 32.2. The van der Waals surface area contributed by atoms with Gasteiger partial charge in [0.2, 0.25) is 0 Å². The Labute approximate surface area is 123 Å². The molecule has 0 aromatic rings. The van der Waals surface area contributed by atoms with E-state index in [2.05, 4.69) is 12.2 Å². The Morgan fingerprint density at radius 2 is 2.05 bits per heavy atom. The summed E-state index contributed by atoms with van der Waals surface area (Å²) in [7, 11) is -0.889. The van der Waals surface area contributed by atoms with Crippen LogP contribution in [0.1, 0.15) is 45.4 Å². The second-order valence-corrected chi connectivity index (χ2v) is 8.79. The molecule has 1 saturated carbocycles. The fraction of sp³-hybridized carbons (Fsp3) is 1.00. The van der Waals surface area contributed by atoms with Crippen molar-refractivity contribution in [3.8, 4) is 0 Å². The van der Waals surface area contributed by atoms with Crippen molar-refractivity contribution in [3.63, 3.8) is 0 Å². The van der Waals surface area contributed by atoms with Crippen molar-refractivity contribution in [2.75, 3.05) is 19.9 Å². The van der Waals surface area contributed by atoms with Gasteiger partial charge in [0.1, 0.15) is 9.84 Å². The van der Waals surface area contributed by atoms with Gasteiger partial charge in [-0.25, -0.2) is 8.42 Å². The number of nitrogens with one attached hydrogen (secondary N) is 1. The normalized spacial score (nSPS) is 37.0. The summed E-state index contributed by atoms with van der Waals surface area (Å²) < 4.78 is 29.5. The van der Waals surface area contributed by atoms with Gasteiger partial charge in [-0.1, -0.05) is 13.3 Å². The first-order chi connectivity index (χ1) is 9.47. The third kappa shape index (κ3) is 3.55. The van der Waals surface area contributed by atoms with Gasteiger partial charge in [-0.05, 0) is 45.1 Å². The van der Waals surface area contributed by atoms with Crippen LogP contribution in [0.4, 0.5) is 0 Å². The quantitative estimate of drug-likeness (QED) is 0.844. The van der Waals surface area contributed by atoms with Crippen LogP contribution in [0, 0.1) is 11.8 Å². The van der Waals surface area contributed by atoms with Crippen molar-refractivity contribution in [2.45, 2.75) is 62.8 Å². The highest BCUT2D eigenvalue weighted by molar-refractivity contribution is 7.91. The third-order valence-electron chi connectivity index (χ3n) is 5.24. The minimum absolute atomic E-state index is 0.139. The third-order valence-corrected chi connectivity index (χ3v) is 6.88. The van der Waals surface area contributed by atoms with E-state index in [0.29, 0.717) is 24.0 Å². The van der Waals surface area contributed by atoms with E-state index in [9.17, 15) is 8.42 Å². The number of ether oxygens (including phenoxy) is 1. The van der Waals surface area contributed by atoms with Gasteiger partial charge in [0.25, 0.3) is 0 Å². The van der Waals surface area contributed by atoms with E-state index >= 15 is 0 Å². The molecule has 5 heteroatoms. The largest absolute Gasteiger partial charge is 0.378 e. The zero-order chi connectivity index (χ0) is 14.8. The van der Waals surface area contributed by atoms with Gasteiger partial charge in [-0.3, -0.25) is 0 Å². The van der Waals surface area contributed by atoms with E-state index in [1.807, 2.05) is 7.05 Å². The molecule has 2 fully saturated rings. The Morgan fingerprint density at radius 1 is 1.30 bits per heavy atom. The molecule has 2 rings (SSSR count). The SMILES string of the molecule is CCC1OCCC1C(NC)C1CCCC(S(C)(=O)=O)C1. The van der Waals surface area contributed by atoms with Gasteiger partial charge in [-0.15, -0.1) is 0 Å². The fourth-order valence-corrected chi connectivity index (χ4v) is 5.38. The molecule has 1 heterocycles. The van der Waals surface area contributed by atoms with E-state index < -0.39 is 9.84 Å². The molecule has 5 unspecified atom stereocenters. The molecule has 4 nitrogen and oxygen atoms in total. The predicted molar refractivity (Wildman–Crippen MR) is 81.6 cm³/mol. The van der Waals surface area contributed by atoms with Crippen LogP contribution in [0.25, 0.3) is 0 Å². The molecule has 0 amide bonds. The average Bonchev–Trinajstić information content (AvgIpc) is 2.87. The monoisotopic (exact) mass is 303 g/mol. The van der Waals surface area contributed by atoms with E-state index in [4.69, 9.17) is 4.74 Å². The van der Waals surface area contributed by atoms with E-state index in [0.717, 1.165) is 45.1 Å². The molecule has 1 aliphatic carbocycles. The molecular formula is C15H29NO3S. The summed E-state index contributed by atoms with van der Waals surface area (Å²) in [6.45, 7) is 3.03. The average molecular weight is 303 g/mol. The van der Waals surface area contributed by atoms with Gasteiger partial charge >= 0.3 is 0 Å². The Kier molecular flexibility index (Phi) is 5.49. The van der Waals surface area contributed by atoms with Crippen LogP contribution in [0.15, 0.2) is 0 Å². The smallest absolute Gasteiger partial charge is 0.150 e. The summed E-state index contributed by atoms with van der Waals surface area (Å²) in [6, 6.07) is 0.395.